The third-order valence-corrected chi connectivity index (χ3v) is 3.47. The SMILES string of the molecule is O=C(O)C1=CN([C@H]2C[C@@H](O)[C@@H](O)C[C@@H](CO)O2)C=CC1. The van der Waals surface area contributed by atoms with Gasteiger partial charge in [0.05, 0.1) is 30.5 Å². The number of allylic oxidation sites excluding steroid dienone is 1. The Kier molecular flexibility index (Phi) is 4.77. The molecular weight excluding hydrogens is 266 g/mol. The maximum absolute atomic E-state index is 11.0. The number of hydrogen-bond acceptors (Lipinski definition) is 6. The van der Waals surface area contributed by atoms with Crippen molar-refractivity contribution in [3.8, 4) is 0 Å². The van der Waals surface area contributed by atoms with E-state index in [9.17, 15) is 20.1 Å². The first-order valence-corrected chi connectivity index (χ1v) is 6.51. The third kappa shape index (κ3) is 3.37. The number of aliphatic hydroxyl groups is 3. The fraction of sp³-hybridized carbons (Fsp3) is 0.615. The van der Waals surface area contributed by atoms with Crippen molar-refractivity contribution in [2.24, 2.45) is 0 Å². The molecule has 2 heterocycles. The van der Waals surface area contributed by atoms with Crippen LogP contribution in [0.5, 0.6) is 0 Å². The molecule has 112 valence electrons. The first-order valence-electron chi connectivity index (χ1n) is 6.51. The van der Waals surface area contributed by atoms with E-state index in [4.69, 9.17) is 9.84 Å². The molecule has 4 N–H and O–H groups in total. The first-order chi connectivity index (χ1) is 9.51. The van der Waals surface area contributed by atoms with Crippen LogP contribution in [0.1, 0.15) is 19.3 Å². The lowest BCUT2D eigenvalue weighted by atomic mass is 10.1. The van der Waals surface area contributed by atoms with Gasteiger partial charge in [0.2, 0.25) is 0 Å². The summed E-state index contributed by atoms with van der Waals surface area (Å²) in [6, 6.07) is 0. The number of aliphatic hydroxyl groups excluding tert-OH is 3. The van der Waals surface area contributed by atoms with Gasteiger partial charge in [-0.15, -0.1) is 0 Å². The van der Waals surface area contributed by atoms with Crippen LogP contribution in [0.4, 0.5) is 0 Å². The zero-order valence-electron chi connectivity index (χ0n) is 10.9. The lowest BCUT2D eigenvalue weighted by molar-refractivity contribution is -0.133. The molecule has 0 amide bonds. The van der Waals surface area contributed by atoms with Crippen molar-refractivity contribution >= 4 is 5.97 Å². The van der Waals surface area contributed by atoms with Crippen LogP contribution in [0, 0.1) is 0 Å². The summed E-state index contributed by atoms with van der Waals surface area (Å²) in [7, 11) is 0. The summed E-state index contributed by atoms with van der Waals surface area (Å²) >= 11 is 0. The Labute approximate surface area is 116 Å². The molecular formula is C13H19NO6. The lowest BCUT2D eigenvalue weighted by Crippen LogP contribution is -2.36. The number of carboxylic acid groups (broad SMARTS) is 1. The summed E-state index contributed by atoms with van der Waals surface area (Å²) in [6.45, 7) is -0.270. The van der Waals surface area contributed by atoms with Crippen molar-refractivity contribution in [3.63, 3.8) is 0 Å². The van der Waals surface area contributed by atoms with Crippen LogP contribution in [-0.2, 0) is 9.53 Å². The van der Waals surface area contributed by atoms with Crippen LogP contribution >= 0.6 is 0 Å². The van der Waals surface area contributed by atoms with Gasteiger partial charge < -0.3 is 30.1 Å². The molecule has 1 saturated heterocycles. The standard InChI is InChI=1S/C13H19NO6/c15-7-9-4-10(16)11(17)5-12(20-9)14-3-1-2-8(6-14)13(18)19/h1,3,6,9-12,15-17H,2,4-5,7H2,(H,18,19)/t9-,10-,11+,12+/m0/s1. The van der Waals surface area contributed by atoms with Crippen molar-refractivity contribution in [1.29, 1.82) is 0 Å². The Bertz CT molecular complexity index is 421. The quantitative estimate of drug-likeness (QED) is 0.547. The molecule has 7 heteroatoms. The largest absolute Gasteiger partial charge is 0.478 e. The Morgan fingerprint density at radius 2 is 2.05 bits per heavy atom. The average molecular weight is 285 g/mol. The van der Waals surface area contributed by atoms with Gasteiger partial charge >= 0.3 is 5.97 Å². The minimum absolute atomic E-state index is 0.130. The zero-order chi connectivity index (χ0) is 14.7. The maximum atomic E-state index is 11.0. The highest BCUT2D eigenvalue weighted by molar-refractivity contribution is 5.87. The number of rotatable bonds is 3. The Morgan fingerprint density at radius 1 is 1.35 bits per heavy atom. The van der Waals surface area contributed by atoms with Crippen molar-refractivity contribution in [3.05, 3.63) is 24.0 Å². The van der Waals surface area contributed by atoms with E-state index in [1.165, 1.54) is 6.20 Å². The predicted molar refractivity (Wildman–Crippen MR) is 68.3 cm³/mol. The molecule has 0 spiro atoms. The van der Waals surface area contributed by atoms with Gasteiger partial charge in [0, 0.05) is 31.7 Å². The second kappa shape index (κ2) is 6.36. The molecule has 0 bridgehead atoms. The molecule has 2 aliphatic rings. The molecule has 2 aliphatic heterocycles. The van der Waals surface area contributed by atoms with Gasteiger partial charge in [0.25, 0.3) is 0 Å². The highest BCUT2D eigenvalue weighted by Gasteiger charge is 2.33. The molecule has 0 aromatic carbocycles. The molecule has 0 aromatic heterocycles. The minimum atomic E-state index is -1.01. The molecule has 7 nitrogen and oxygen atoms in total. The number of ether oxygens (including phenoxy) is 1. The number of aliphatic carboxylic acids is 1. The van der Waals surface area contributed by atoms with E-state index >= 15 is 0 Å². The monoisotopic (exact) mass is 285 g/mol. The number of carbonyl (C=O) groups is 1. The first kappa shape index (κ1) is 15.0. The van der Waals surface area contributed by atoms with E-state index in [0.29, 0.717) is 6.42 Å². The Hall–Kier alpha value is -1.41. The zero-order valence-corrected chi connectivity index (χ0v) is 10.9. The van der Waals surface area contributed by atoms with Crippen LogP contribution in [0.2, 0.25) is 0 Å². The van der Waals surface area contributed by atoms with E-state index in [-0.39, 0.29) is 25.0 Å². The van der Waals surface area contributed by atoms with Gasteiger partial charge in [-0.3, -0.25) is 0 Å². The molecule has 0 aliphatic carbocycles. The van der Waals surface area contributed by atoms with E-state index in [1.54, 1.807) is 17.2 Å². The van der Waals surface area contributed by atoms with Crippen LogP contribution < -0.4 is 0 Å². The van der Waals surface area contributed by atoms with E-state index < -0.39 is 30.5 Å². The molecule has 20 heavy (non-hydrogen) atoms. The van der Waals surface area contributed by atoms with Crippen LogP contribution in [0.15, 0.2) is 24.0 Å². The molecule has 0 radical (unpaired) electrons. The van der Waals surface area contributed by atoms with Gasteiger partial charge in [-0.1, -0.05) is 6.08 Å². The van der Waals surface area contributed by atoms with E-state index in [2.05, 4.69) is 0 Å². The van der Waals surface area contributed by atoms with Gasteiger partial charge in [-0.05, 0) is 0 Å². The summed E-state index contributed by atoms with van der Waals surface area (Å²) in [4.78, 5) is 12.5. The van der Waals surface area contributed by atoms with Crippen LogP contribution in [0.3, 0.4) is 0 Å². The Morgan fingerprint density at radius 3 is 2.70 bits per heavy atom. The van der Waals surface area contributed by atoms with Gasteiger partial charge in [-0.25, -0.2) is 4.79 Å². The van der Waals surface area contributed by atoms with Crippen LogP contribution in [-0.4, -0.2) is 62.4 Å². The average Bonchev–Trinajstić information content (AvgIpc) is 2.58. The highest BCUT2D eigenvalue weighted by atomic mass is 16.5. The number of hydrogen-bond donors (Lipinski definition) is 4. The summed E-state index contributed by atoms with van der Waals surface area (Å²) in [5, 5.41) is 37.8. The number of nitrogens with zero attached hydrogens (tertiary/aromatic N) is 1. The second-order valence-electron chi connectivity index (χ2n) is 5.00. The minimum Gasteiger partial charge on any atom is -0.478 e. The molecule has 0 unspecified atom stereocenters. The number of carboxylic acids is 1. The predicted octanol–water partition coefficient (Wildman–Crippen LogP) is -0.607. The molecule has 1 fully saturated rings. The maximum Gasteiger partial charge on any atom is 0.333 e. The molecule has 0 aromatic rings. The molecule has 2 rings (SSSR count). The molecule has 0 saturated carbocycles. The fourth-order valence-corrected chi connectivity index (χ4v) is 2.33. The Balaban J connectivity index is 2.15. The van der Waals surface area contributed by atoms with Crippen molar-refractivity contribution in [1.82, 2.24) is 4.90 Å². The lowest BCUT2D eigenvalue weighted by Gasteiger charge is -2.31. The fourth-order valence-electron chi connectivity index (χ4n) is 2.33. The van der Waals surface area contributed by atoms with Crippen molar-refractivity contribution in [2.75, 3.05) is 6.61 Å². The normalized spacial score (nSPS) is 34.5. The summed E-state index contributed by atoms with van der Waals surface area (Å²) < 4.78 is 5.64. The van der Waals surface area contributed by atoms with Gasteiger partial charge in [0.15, 0.2) is 0 Å². The summed E-state index contributed by atoms with van der Waals surface area (Å²) in [6.07, 6.45) is 2.26. The van der Waals surface area contributed by atoms with Crippen molar-refractivity contribution < 1.29 is 30.0 Å². The second-order valence-corrected chi connectivity index (χ2v) is 5.00. The molecule has 4 atom stereocenters. The van der Waals surface area contributed by atoms with E-state index in [0.717, 1.165) is 0 Å². The highest BCUT2D eigenvalue weighted by Crippen LogP contribution is 2.25. The van der Waals surface area contributed by atoms with Crippen molar-refractivity contribution in [2.45, 2.75) is 43.8 Å². The smallest absolute Gasteiger partial charge is 0.333 e. The van der Waals surface area contributed by atoms with Gasteiger partial charge in [0.1, 0.15) is 6.23 Å². The van der Waals surface area contributed by atoms with Gasteiger partial charge in [-0.2, -0.15) is 0 Å². The summed E-state index contributed by atoms with van der Waals surface area (Å²) in [5.41, 5.74) is 0.218. The summed E-state index contributed by atoms with van der Waals surface area (Å²) in [5.74, 6) is -1.01. The third-order valence-electron chi connectivity index (χ3n) is 3.47. The van der Waals surface area contributed by atoms with Crippen LogP contribution in [0.25, 0.3) is 0 Å². The topological polar surface area (TPSA) is 110 Å². The van der Waals surface area contributed by atoms with E-state index in [1.807, 2.05) is 0 Å².